The summed E-state index contributed by atoms with van der Waals surface area (Å²) >= 11 is 0. The molecule has 1 aliphatic heterocycles. The highest BCUT2D eigenvalue weighted by molar-refractivity contribution is 7.94. The average molecular weight is 282 g/mol. The highest BCUT2D eigenvalue weighted by Crippen LogP contribution is 2.27. The molecule has 0 atom stereocenters. The largest absolute Gasteiger partial charge is 0.382 e. The fourth-order valence-corrected chi connectivity index (χ4v) is 3.22. The number of rotatable bonds is 5. The van der Waals surface area contributed by atoms with Gasteiger partial charge in [-0.15, -0.1) is 0 Å². The first-order chi connectivity index (χ1) is 9.06. The maximum Gasteiger partial charge on any atom is 0.201 e. The van der Waals surface area contributed by atoms with Crippen molar-refractivity contribution >= 4 is 15.6 Å². The van der Waals surface area contributed by atoms with Crippen LogP contribution in [-0.2, 0) is 19.3 Å². The molecule has 0 fully saturated rings. The second kappa shape index (κ2) is 5.64. The minimum absolute atomic E-state index is 0.0320. The van der Waals surface area contributed by atoms with Gasteiger partial charge in [0.2, 0.25) is 9.84 Å². The number of Topliss-reactive ketones (excluding diaryl/α,β-unsaturated/α-hetero) is 1. The molecule has 0 amide bonds. The Balaban J connectivity index is 2.24. The Morgan fingerprint density at radius 1 is 1.16 bits per heavy atom. The molecule has 6 heteroatoms. The fraction of sp³-hybridized carbons (Fsp3) is 0.308. The van der Waals surface area contributed by atoms with Gasteiger partial charge in [-0.05, 0) is 12.1 Å². The van der Waals surface area contributed by atoms with Gasteiger partial charge in [-0.3, -0.25) is 4.79 Å². The molecule has 1 heterocycles. The third-order valence-electron chi connectivity index (χ3n) is 2.72. The molecule has 0 saturated heterocycles. The van der Waals surface area contributed by atoms with E-state index in [0.717, 1.165) is 5.41 Å². The van der Waals surface area contributed by atoms with Crippen LogP contribution in [0.4, 0.5) is 0 Å². The van der Waals surface area contributed by atoms with Crippen molar-refractivity contribution < 1.29 is 22.7 Å². The van der Waals surface area contributed by atoms with E-state index in [1.54, 1.807) is 12.1 Å². The molecular weight excluding hydrogens is 268 g/mol. The summed E-state index contributed by atoms with van der Waals surface area (Å²) in [4.78, 5) is 12.2. The van der Waals surface area contributed by atoms with E-state index in [1.807, 2.05) is 0 Å². The zero-order chi connectivity index (χ0) is 13.9. The number of ketones is 1. The maximum absolute atomic E-state index is 12.1. The molecule has 2 rings (SSSR count). The Morgan fingerprint density at radius 3 is 2.63 bits per heavy atom. The standard InChI is InChI=1S/C13H14O5S/c1-17-6-7-18-8-10-9-19(15,16)12-5-3-2-4-11(12)13(10)14/h2-5,9H,6-8H2,1H3. The van der Waals surface area contributed by atoms with Crippen molar-refractivity contribution in [2.24, 2.45) is 0 Å². The Bertz CT molecular complexity index is 616. The van der Waals surface area contributed by atoms with Crippen LogP contribution in [0.15, 0.2) is 40.1 Å². The van der Waals surface area contributed by atoms with Crippen LogP contribution in [0, 0.1) is 0 Å². The zero-order valence-corrected chi connectivity index (χ0v) is 11.3. The molecule has 0 aromatic heterocycles. The second-order valence-corrected chi connectivity index (χ2v) is 5.82. The lowest BCUT2D eigenvalue weighted by Gasteiger charge is -2.15. The van der Waals surface area contributed by atoms with Crippen molar-refractivity contribution in [2.75, 3.05) is 26.9 Å². The molecule has 0 bridgehead atoms. The molecule has 5 nitrogen and oxygen atoms in total. The normalized spacial score (nSPS) is 16.9. The molecule has 0 saturated carbocycles. The van der Waals surface area contributed by atoms with Gasteiger partial charge in [-0.25, -0.2) is 8.42 Å². The summed E-state index contributed by atoms with van der Waals surface area (Å²) in [5.41, 5.74) is 0.352. The molecule has 19 heavy (non-hydrogen) atoms. The number of fused-ring (bicyclic) bond motifs is 1. The number of hydrogen-bond donors (Lipinski definition) is 0. The van der Waals surface area contributed by atoms with Crippen LogP contribution in [0.1, 0.15) is 10.4 Å². The predicted octanol–water partition coefficient (Wildman–Crippen LogP) is 1.20. The summed E-state index contributed by atoms with van der Waals surface area (Å²) in [7, 11) is -2.02. The lowest BCUT2D eigenvalue weighted by Crippen LogP contribution is -2.20. The van der Waals surface area contributed by atoms with Crippen LogP contribution in [0.2, 0.25) is 0 Å². The highest BCUT2D eigenvalue weighted by Gasteiger charge is 2.29. The van der Waals surface area contributed by atoms with Crippen LogP contribution < -0.4 is 0 Å². The number of hydrogen-bond acceptors (Lipinski definition) is 5. The van der Waals surface area contributed by atoms with Crippen molar-refractivity contribution in [1.29, 1.82) is 0 Å². The predicted molar refractivity (Wildman–Crippen MR) is 68.7 cm³/mol. The molecule has 1 aliphatic rings. The van der Waals surface area contributed by atoms with Crippen LogP contribution in [0.25, 0.3) is 0 Å². The van der Waals surface area contributed by atoms with E-state index in [9.17, 15) is 13.2 Å². The summed E-state index contributed by atoms with van der Waals surface area (Å²) in [6.45, 7) is 0.670. The molecule has 0 radical (unpaired) electrons. The molecule has 0 spiro atoms. The fourth-order valence-electron chi connectivity index (χ4n) is 1.80. The first-order valence-electron chi connectivity index (χ1n) is 5.72. The zero-order valence-electron chi connectivity index (χ0n) is 10.5. The second-order valence-electron chi connectivity index (χ2n) is 4.06. The third kappa shape index (κ3) is 2.91. The van der Waals surface area contributed by atoms with Gasteiger partial charge in [0, 0.05) is 23.7 Å². The number of carbonyl (C=O) groups excluding carboxylic acids is 1. The number of methoxy groups -OCH3 is 1. The first-order valence-corrected chi connectivity index (χ1v) is 7.27. The van der Waals surface area contributed by atoms with E-state index in [0.29, 0.717) is 13.2 Å². The van der Waals surface area contributed by atoms with Gasteiger partial charge in [0.25, 0.3) is 0 Å². The van der Waals surface area contributed by atoms with E-state index in [4.69, 9.17) is 9.47 Å². The van der Waals surface area contributed by atoms with E-state index < -0.39 is 9.84 Å². The number of sulfone groups is 1. The van der Waals surface area contributed by atoms with E-state index >= 15 is 0 Å². The topological polar surface area (TPSA) is 69.7 Å². The summed E-state index contributed by atoms with van der Waals surface area (Å²) in [6.07, 6.45) is 0. The van der Waals surface area contributed by atoms with Crippen molar-refractivity contribution in [1.82, 2.24) is 0 Å². The number of benzene rings is 1. The van der Waals surface area contributed by atoms with Crippen molar-refractivity contribution in [3.8, 4) is 0 Å². The van der Waals surface area contributed by atoms with Gasteiger partial charge >= 0.3 is 0 Å². The average Bonchev–Trinajstić information content (AvgIpc) is 2.40. The van der Waals surface area contributed by atoms with Gasteiger partial charge in [0.1, 0.15) is 0 Å². The van der Waals surface area contributed by atoms with Gasteiger partial charge in [-0.1, -0.05) is 12.1 Å². The van der Waals surface area contributed by atoms with Gasteiger partial charge in [-0.2, -0.15) is 0 Å². The van der Waals surface area contributed by atoms with Crippen molar-refractivity contribution in [3.05, 3.63) is 40.8 Å². The summed E-state index contributed by atoms with van der Waals surface area (Å²) in [6, 6.07) is 6.18. The van der Waals surface area contributed by atoms with E-state index in [1.165, 1.54) is 19.2 Å². The maximum atomic E-state index is 12.1. The summed E-state index contributed by atoms with van der Waals surface area (Å²) < 4.78 is 34.0. The monoisotopic (exact) mass is 282 g/mol. The SMILES string of the molecule is COCCOCC1=CS(=O)(=O)c2ccccc2C1=O. The van der Waals surface area contributed by atoms with Crippen LogP contribution in [-0.4, -0.2) is 41.1 Å². The van der Waals surface area contributed by atoms with Gasteiger partial charge in [0.05, 0.1) is 24.7 Å². The summed E-state index contributed by atoms with van der Waals surface area (Å²) in [5.74, 6) is -0.303. The van der Waals surface area contributed by atoms with Crippen LogP contribution >= 0.6 is 0 Å². The van der Waals surface area contributed by atoms with Crippen LogP contribution in [0.5, 0.6) is 0 Å². The molecule has 0 unspecified atom stereocenters. The van der Waals surface area contributed by atoms with Gasteiger partial charge < -0.3 is 9.47 Å². The van der Waals surface area contributed by atoms with Crippen LogP contribution in [0.3, 0.4) is 0 Å². The Labute approximate surface area is 111 Å². The summed E-state index contributed by atoms with van der Waals surface area (Å²) in [5, 5.41) is 0.991. The molecule has 0 aliphatic carbocycles. The third-order valence-corrected chi connectivity index (χ3v) is 4.28. The molecule has 0 N–H and O–H groups in total. The minimum Gasteiger partial charge on any atom is -0.382 e. The number of carbonyl (C=O) groups is 1. The molecule has 1 aromatic carbocycles. The van der Waals surface area contributed by atoms with Gasteiger partial charge in [0.15, 0.2) is 5.78 Å². The lowest BCUT2D eigenvalue weighted by atomic mass is 10.1. The quantitative estimate of drug-likeness (QED) is 0.759. The van der Waals surface area contributed by atoms with Crippen molar-refractivity contribution in [3.63, 3.8) is 0 Å². The molecule has 1 aromatic rings. The molecule has 102 valence electrons. The number of ether oxygens (including phenoxy) is 2. The smallest absolute Gasteiger partial charge is 0.201 e. The highest BCUT2D eigenvalue weighted by atomic mass is 32.2. The van der Waals surface area contributed by atoms with Crippen molar-refractivity contribution in [2.45, 2.75) is 4.90 Å². The van der Waals surface area contributed by atoms with E-state index in [-0.39, 0.29) is 28.4 Å². The molecular formula is C13H14O5S. The first kappa shape index (κ1) is 13.9. The Kier molecular flexibility index (Phi) is 4.14. The Morgan fingerprint density at radius 2 is 1.89 bits per heavy atom. The minimum atomic E-state index is -3.56. The lowest BCUT2D eigenvalue weighted by molar-refractivity contribution is 0.0772. The Hall–Kier alpha value is -1.50. The van der Waals surface area contributed by atoms with E-state index in [2.05, 4.69) is 0 Å².